The van der Waals surface area contributed by atoms with Crippen LogP contribution in [-0.2, 0) is 18.6 Å². The molecule has 1 unspecified atom stereocenters. The quantitative estimate of drug-likeness (QED) is 0.679. The first-order valence-corrected chi connectivity index (χ1v) is 12.1. The third-order valence-electron chi connectivity index (χ3n) is 4.60. The zero-order valence-electron chi connectivity index (χ0n) is 14.3. The van der Waals surface area contributed by atoms with Crippen molar-refractivity contribution in [1.82, 2.24) is 4.72 Å². The van der Waals surface area contributed by atoms with Crippen LogP contribution in [0.25, 0.3) is 0 Å². The summed E-state index contributed by atoms with van der Waals surface area (Å²) in [5, 5.41) is 0. The van der Waals surface area contributed by atoms with Gasteiger partial charge in [-0.05, 0) is 63.1 Å². The van der Waals surface area contributed by atoms with Crippen LogP contribution < -0.4 is 4.72 Å². The first-order chi connectivity index (χ1) is 10.8. The Morgan fingerprint density at radius 1 is 1.22 bits per heavy atom. The molecule has 0 aliphatic heterocycles. The van der Waals surface area contributed by atoms with Crippen molar-refractivity contribution >= 4 is 40.4 Å². The molecule has 0 saturated heterocycles. The lowest BCUT2D eigenvalue weighted by molar-refractivity contribution is 0.295. The average Bonchev–Trinajstić information content (AvgIpc) is 2.53. The minimum Gasteiger partial charge on any atom is -0.241 e. The van der Waals surface area contributed by atoms with Gasteiger partial charge in [0.05, 0.1) is 13.4 Å². The van der Waals surface area contributed by atoms with Crippen LogP contribution in [0.4, 0.5) is 0 Å². The normalized spacial score (nSPS) is 20.7. The molecule has 0 spiro atoms. The fraction of sp³-hybridized carbons (Fsp3) is 0.611. The van der Waals surface area contributed by atoms with Crippen LogP contribution in [0, 0.1) is 5.92 Å². The molecule has 0 heterocycles. The molecule has 1 aliphatic rings. The van der Waals surface area contributed by atoms with Crippen molar-refractivity contribution in [2.45, 2.75) is 63.7 Å². The van der Waals surface area contributed by atoms with Crippen molar-refractivity contribution in [2.24, 2.45) is 5.92 Å². The van der Waals surface area contributed by atoms with Crippen molar-refractivity contribution in [3.8, 4) is 0 Å². The van der Waals surface area contributed by atoms with Gasteiger partial charge >= 0.3 is 0 Å². The van der Waals surface area contributed by atoms with E-state index < -0.39 is 8.68 Å². The maximum absolute atomic E-state index is 13.4. The molecular formula is C18H28BrNOS2. The van der Waals surface area contributed by atoms with Gasteiger partial charge in [0.1, 0.15) is 0 Å². The predicted octanol–water partition coefficient (Wildman–Crippen LogP) is 5.09. The molecule has 5 heteroatoms. The number of hydrogen-bond acceptors (Lipinski definition) is 1. The molecule has 130 valence electrons. The highest BCUT2D eigenvalue weighted by Gasteiger charge is 2.32. The lowest BCUT2D eigenvalue weighted by atomic mass is 9.81. The lowest BCUT2D eigenvalue weighted by Crippen LogP contribution is -2.43. The van der Waals surface area contributed by atoms with Crippen molar-refractivity contribution < 1.29 is 4.21 Å². The molecule has 1 aliphatic carbocycles. The van der Waals surface area contributed by atoms with Crippen molar-refractivity contribution in [3.05, 3.63) is 34.3 Å². The summed E-state index contributed by atoms with van der Waals surface area (Å²) in [6.07, 6.45) is 6.27. The van der Waals surface area contributed by atoms with E-state index in [-0.39, 0.29) is 10.8 Å². The Labute approximate surface area is 152 Å². The molecule has 23 heavy (non-hydrogen) atoms. The number of nitrogens with one attached hydrogen (secondary N) is 1. The molecule has 2 rings (SSSR count). The van der Waals surface area contributed by atoms with E-state index in [2.05, 4.69) is 50.8 Å². The van der Waals surface area contributed by atoms with Crippen LogP contribution in [-0.4, -0.2) is 14.8 Å². The zero-order chi connectivity index (χ0) is 17.1. The van der Waals surface area contributed by atoms with E-state index in [1.807, 2.05) is 20.8 Å². The van der Waals surface area contributed by atoms with E-state index >= 15 is 0 Å². The Balaban J connectivity index is 2.39. The second-order valence-corrected chi connectivity index (χ2v) is 13.0. The van der Waals surface area contributed by atoms with Gasteiger partial charge in [0.25, 0.3) is 0 Å². The highest BCUT2D eigenvalue weighted by Crippen LogP contribution is 2.36. The van der Waals surface area contributed by atoms with Crippen molar-refractivity contribution in [3.63, 3.8) is 0 Å². The molecule has 0 aromatic heterocycles. The SMILES string of the molecule is C=S=S(=O)(N[C@H](c1ccc(Br)cc1)C1CCCCC1)C(C)(C)C. The monoisotopic (exact) mass is 417 g/mol. The molecule has 1 fully saturated rings. The molecule has 1 saturated carbocycles. The minimum atomic E-state index is -2.31. The van der Waals surface area contributed by atoms with Crippen LogP contribution in [0.5, 0.6) is 0 Å². The smallest absolute Gasteiger partial charge is 0.0847 e. The molecule has 1 aromatic rings. The minimum absolute atomic E-state index is 0.129. The van der Waals surface area contributed by atoms with Crippen molar-refractivity contribution in [1.29, 1.82) is 0 Å². The van der Waals surface area contributed by atoms with Crippen molar-refractivity contribution in [2.75, 3.05) is 0 Å². The maximum atomic E-state index is 13.4. The molecule has 1 aromatic carbocycles. The van der Waals surface area contributed by atoms with Crippen LogP contribution in [0.2, 0.25) is 0 Å². The number of halogens is 1. The van der Waals surface area contributed by atoms with Gasteiger partial charge in [-0.25, -0.2) is 8.93 Å². The molecule has 0 radical (unpaired) electrons. The van der Waals surface area contributed by atoms with Crippen LogP contribution >= 0.6 is 15.9 Å². The number of rotatable bonds is 4. The summed E-state index contributed by atoms with van der Waals surface area (Å²) < 4.78 is 17.7. The first-order valence-electron chi connectivity index (χ1n) is 8.27. The third-order valence-corrected chi connectivity index (χ3v) is 10.4. The summed E-state index contributed by atoms with van der Waals surface area (Å²) in [6.45, 7) is 6.08. The van der Waals surface area contributed by atoms with E-state index in [1.165, 1.54) is 47.6 Å². The first kappa shape index (κ1) is 19.2. The van der Waals surface area contributed by atoms with Gasteiger partial charge in [-0.2, -0.15) is 0 Å². The summed E-state index contributed by atoms with van der Waals surface area (Å²) in [5.41, 5.74) is 1.23. The van der Waals surface area contributed by atoms with E-state index in [9.17, 15) is 4.21 Å². The second kappa shape index (κ2) is 7.85. The maximum Gasteiger partial charge on any atom is 0.0847 e. The Hall–Kier alpha value is -0.100. The Kier molecular flexibility index (Phi) is 6.57. The standard InChI is InChI=1S/C18H28BrNOS2/c1-18(2,3)23(21,22-4)20-17(14-8-6-5-7-9-14)15-10-12-16(19)13-11-15/h10-14,17H,4-9H2,1-3H3,(H,20,21)/t17-,23?/m0/s1. The topological polar surface area (TPSA) is 29.1 Å². The van der Waals surface area contributed by atoms with Gasteiger partial charge in [0, 0.05) is 10.5 Å². The van der Waals surface area contributed by atoms with Gasteiger partial charge in [0.2, 0.25) is 0 Å². The van der Waals surface area contributed by atoms with Gasteiger partial charge < -0.3 is 0 Å². The molecule has 0 bridgehead atoms. The van der Waals surface area contributed by atoms with Gasteiger partial charge in [-0.15, -0.1) is 0 Å². The fourth-order valence-corrected chi connectivity index (χ4v) is 6.41. The van der Waals surface area contributed by atoms with Gasteiger partial charge in [-0.1, -0.05) is 57.2 Å². The number of benzene rings is 1. The van der Waals surface area contributed by atoms with E-state index in [0.717, 1.165) is 4.47 Å². The number of hydrogen-bond donors (Lipinski definition) is 1. The zero-order valence-corrected chi connectivity index (χ0v) is 17.5. The summed E-state index contributed by atoms with van der Waals surface area (Å²) in [7, 11) is -1.08. The average molecular weight is 418 g/mol. The van der Waals surface area contributed by atoms with E-state index in [0.29, 0.717) is 5.92 Å². The van der Waals surface area contributed by atoms with Gasteiger partial charge in [0.15, 0.2) is 0 Å². The molecule has 2 atom stereocenters. The van der Waals surface area contributed by atoms with Crippen LogP contribution in [0.3, 0.4) is 0 Å². The Bertz CT molecular complexity index is 659. The molecule has 1 N–H and O–H groups in total. The highest BCUT2D eigenvalue weighted by molar-refractivity contribution is 9.10. The van der Waals surface area contributed by atoms with E-state index in [4.69, 9.17) is 0 Å². The fourth-order valence-electron chi connectivity index (χ4n) is 3.13. The largest absolute Gasteiger partial charge is 0.241 e. The molecule has 2 nitrogen and oxygen atoms in total. The third kappa shape index (κ3) is 4.71. The molecular weight excluding hydrogens is 390 g/mol. The Morgan fingerprint density at radius 3 is 2.26 bits per heavy atom. The molecule has 0 amide bonds. The highest BCUT2D eigenvalue weighted by atomic mass is 79.9. The Morgan fingerprint density at radius 2 is 1.78 bits per heavy atom. The van der Waals surface area contributed by atoms with Crippen LogP contribution in [0.1, 0.15) is 64.5 Å². The second-order valence-electron chi connectivity index (χ2n) is 7.28. The lowest BCUT2D eigenvalue weighted by Gasteiger charge is -2.35. The summed E-state index contributed by atoms with van der Waals surface area (Å²) in [4.78, 5) is 0. The predicted molar refractivity (Wildman–Crippen MR) is 109 cm³/mol. The van der Waals surface area contributed by atoms with Gasteiger partial charge in [-0.3, -0.25) is 0 Å². The van der Waals surface area contributed by atoms with Crippen LogP contribution in [0.15, 0.2) is 28.7 Å². The summed E-state index contributed by atoms with van der Waals surface area (Å²) in [6, 6.07) is 8.56. The van der Waals surface area contributed by atoms with E-state index in [1.54, 1.807) is 0 Å². The summed E-state index contributed by atoms with van der Waals surface area (Å²) in [5.74, 6) is 4.44. The summed E-state index contributed by atoms with van der Waals surface area (Å²) >= 11 is 3.51.